The van der Waals surface area contributed by atoms with E-state index < -0.39 is 0 Å². The predicted octanol–water partition coefficient (Wildman–Crippen LogP) is 4.67. The van der Waals surface area contributed by atoms with E-state index in [0.717, 1.165) is 12.5 Å². The van der Waals surface area contributed by atoms with Crippen molar-refractivity contribution in [3.63, 3.8) is 0 Å². The molecule has 1 aromatic heterocycles. The Kier molecular flexibility index (Phi) is 6.43. The average Bonchev–Trinajstić information content (AvgIpc) is 2.76. The van der Waals surface area contributed by atoms with Crippen molar-refractivity contribution >= 4 is 11.5 Å². The Morgan fingerprint density at radius 2 is 1.90 bits per heavy atom. The fourth-order valence-electron chi connectivity index (χ4n) is 3.24. The molecule has 0 amide bonds. The highest BCUT2D eigenvalue weighted by Crippen LogP contribution is 2.37. The largest absolute Gasteiger partial charge is 0.309 e. The molecule has 1 aliphatic carbocycles. The van der Waals surface area contributed by atoms with Crippen LogP contribution in [0.2, 0.25) is 0 Å². The van der Waals surface area contributed by atoms with Gasteiger partial charge in [-0.05, 0) is 49.2 Å². The summed E-state index contributed by atoms with van der Waals surface area (Å²) in [5, 5.41) is 8.19. The Morgan fingerprint density at radius 1 is 1.20 bits per heavy atom. The lowest BCUT2D eigenvalue weighted by Crippen LogP contribution is -2.29. The third-order valence-electron chi connectivity index (χ3n) is 4.36. The number of hydrogen-bond acceptors (Lipinski definition) is 4. The zero-order valence-electron chi connectivity index (χ0n) is 13.2. The highest BCUT2D eigenvalue weighted by atomic mass is 32.1. The summed E-state index contributed by atoms with van der Waals surface area (Å²) in [7, 11) is 0. The van der Waals surface area contributed by atoms with Gasteiger partial charge in [0.25, 0.3) is 0 Å². The van der Waals surface area contributed by atoms with Gasteiger partial charge in [0.05, 0.1) is 10.6 Å². The molecule has 0 aliphatic heterocycles. The SMILES string of the molecule is CCCNC(c1snnc1C(C)C)C1CCCCCC1. The van der Waals surface area contributed by atoms with Crippen molar-refractivity contribution in [3.05, 3.63) is 10.6 Å². The van der Waals surface area contributed by atoms with E-state index in [0.29, 0.717) is 12.0 Å². The summed E-state index contributed by atoms with van der Waals surface area (Å²) >= 11 is 1.61. The van der Waals surface area contributed by atoms with Gasteiger partial charge in [-0.15, -0.1) is 5.10 Å². The predicted molar refractivity (Wildman–Crippen MR) is 86.2 cm³/mol. The second-order valence-corrected chi connectivity index (χ2v) is 7.15. The molecule has 0 aromatic carbocycles. The first-order valence-corrected chi connectivity index (χ1v) is 9.06. The molecule has 0 spiro atoms. The van der Waals surface area contributed by atoms with Crippen molar-refractivity contribution in [1.82, 2.24) is 14.9 Å². The molecule has 1 aliphatic rings. The van der Waals surface area contributed by atoms with Crippen molar-refractivity contribution in [2.75, 3.05) is 6.54 Å². The van der Waals surface area contributed by atoms with Crippen LogP contribution in [0.3, 0.4) is 0 Å². The molecule has 1 unspecified atom stereocenters. The summed E-state index contributed by atoms with van der Waals surface area (Å²) in [5.41, 5.74) is 1.22. The molecule has 0 radical (unpaired) electrons. The molecule has 1 N–H and O–H groups in total. The molecule has 1 atom stereocenters. The van der Waals surface area contributed by atoms with Gasteiger partial charge in [0, 0.05) is 6.04 Å². The van der Waals surface area contributed by atoms with Crippen LogP contribution < -0.4 is 5.32 Å². The van der Waals surface area contributed by atoms with Crippen LogP contribution in [0.5, 0.6) is 0 Å². The summed E-state index contributed by atoms with van der Waals surface area (Å²) in [6, 6.07) is 0.477. The lowest BCUT2D eigenvalue weighted by atomic mass is 9.89. The molecule has 1 fully saturated rings. The van der Waals surface area contributed by atoms with E-state index in [1.165, 1.54) is 55.5 Å². The van der Waals surface area contributed by atoms with Gasteiger partial charge in [0.2, 0.25) is 0 Å². The van der Waals surface area contributed by atoms with Crippen LogP contribution in [0.15, 0.2) is 0 Å². The molecule has 1 heterocycles. The Labute approximate surface area is 127 Å². The van der Waals surface area contributed by atoms with Gasteiger partial charge in [0.15, 0.2) is 0 Å². The smallest absolute Gasteiger partial charge is 0.0829 e. The molecule has 4 heteroatoms. The van der Waals surface area contributed by atoms with Crippen LogP contribution in [-0.2, 0) is 0 Å². The van der Waals surface area contributed by atoms with Gasteiger partial charge < -0.3 is 5.32 Å². The second kappa shape index (κ2) is 8.08. The van der Waals surface area contributed by atoms with E-state index in [1.54, 1.807) is 11.5 Å². The Morgan fingerprint density at radius 3 is 2.50 bits per heavy atom. The van der Waals surface area contributed by atoms with Crippen molar-refractivity contribution in [2.45, 2.75) is 77.7 Å². The maximum Gasteiger partial charge on any atom is 0.0829 e. The first kappa shape index (κ1) is 15.9. The lowest BCUT2D eigenvalue weighted by Gasteiger charge is -2.27. The van der Waals surface area contributed by atoms with Crippen molar-refractivity contribution in [2.24, 2.45) is 5.92 Å². The Balaban J connectivity index is 2.18. The highest BCUT2D eigenvalue weighted by molar-refractivity contribution is 7.05. The summed E-state index contributed by atoms with van der Waals surface area (Å²) < 4.78 is 4.24. The molecule has 1 aromatic rings. The molecule has 2 rings (SSSR count). The summed E-state index contributed by atoms with van der Waals surface area (Å²) in [4.78, 5) is 1.40. The maximum absolute atomic E-state index is 4.39. The molecule has 1 saturated carbocycles. The monoisotopic (exact) mass is 295 g/mol. The zero-order valence-corrected chi connectivity index (χ0v) is 14.0. The number of nitrogens with one attached hydrogen (secondary N) is 1. The second-order valence-electron chi connectivity index (χ2n) is 6.36. The Bertz CT molecular complexity index is 381. The number of nitrogens with zero attached hydrogens (tertiary/aromatic N) is 2. The van der Waals surface area contributed by atoms with Gasteiger partial charge in [0.1, 0.15) is 0 Å². The normalized spacial score (nSPS) is 19.2. The number of hydrogen-bond donors (Lipinski definition) is 1. The van der Waals surface area contributed by atoms with Crippen LogP contribution in [-0.4, -0.2) is 16.1 Å². The van der Waals surface area contributed by atoms with Crippen LogP contribution in [0.25, 0.3) is 0 Å². The first-order chi connectivity index (χ1) is 9.74. The average molecular weight is 295 g/mol. The van der Waals surface area contributed by atoms with Gasteiger partial charge in [-0.3, -0.25) is 0 Å². The van der Waals surface area contributed by atoms with E-state index >= 15 is 0 Å². The number of aromatic nitrogens is 2. The van der Waals surface area contributed by atoms with Gasteiger partial charge in [-0.25, -0.2) is 0 Å². The fraction of sp³-hybridized carbons (Fsp3) is 0.875. The highest BCUT2D eigenvalue weighted by Gasteiger charge is 2.28. The lowest BCUT2D eigenvalue weighted by molar-refractivity contribution is 0.327. The van der Waals surface area contributed by atoms with E-state index in [9.17, 15) is 0 Å². The maximum atomic E-state index is 4.39. The minimum atomic E-state index is 0.473. The van der Waals surface area contributed by atoms with Crippen LogP contribution in [0, 0.1) is 5.92 Å². The van der Waals surface area contributed by atoms with Crippen molar-refractivity contribution in [3.8, 4) is 0 Å². The molecule has 0 bridgehead atoms. The van der Waals surface area contributed by atoms with Crippen LogP contribution >= 0.6 is 11.5 Å². The molecule has 20 heavy (non-hydrogen) atoms. The molecule has 0 saturated heterocycles. The Hall–Kier alpha value is -0.480. The van der Waals surface area contributed by atoms with Gasteiger partial charge in [-0.1, -0.05) is 50.9 Å². The third kappa shape index (κ3) is 4.01. The molecular weight excluding hydrogens is 266 g/mol. The molecule has 3 nitrogen and oxygen atoms in total. The summed E-state index contributed by atoms with van der Waals surface area (Å²) in [6.07, 6.45) is 9.50. The topological polar surface area (TPSA) is 37.8 Å². The molecular formula is C16H29N3S. The van der Waals surface area contributed by atoms with E-state index in [1.807, 2.05) is 0 Å². The van der Waals surface area contributed by atoms with Gasteiger partial charge >= 0.3 is 0 Å². The van der Waals surface area contributed by atoms with Gasteiger partial charge in [-0.2, -0.15) is 0 Å². The minimum absolute atomic E-state index is 0.473. The first-order valence-electron chi connectivity index (χ1n) is 8.29. The third-order valence-corrected chi connectivity index (χ3v) is 5.18. The van der Waals surface area contributed by atoms with Crippen LogP contribution in [0.4, 0.5) is 0 Å². The zero-order chi connectivity index (χ0) is 14.4. The van der Waals surface area contributed by atoms with Crippen molar-refractivity contribution < 1.29 is 0 Å². The summed E-state index contributed by atoms with van der Waals surface area (Å²) in [5.74, 6) is 1.24. The van der Waals surface area contributed by atoms with Crippen molar-refractivity contribution in [1.29, 1.82) is 0 Å². The minimum Gasteiger partial charge on any atom is -0.309 e. The fourth-order valence-corrected chi connectivity index (χ4v) is 4.21. The van der Waals surface area contributed by atoms with E-state index in [2.05, 4.69) is 35.7 Å². The number of rotatable bonds is 6. The molecule has 114 valence electrons. The quantitative estimate of drug-likeness (QED) is 0.775. The standard InChI is InChI=1S/C16H29N3S/c1-4-11-17-15(13-9-7-5-6-8-10-13)16-14(12(2)3)18-19-20-16/h12-13,15,17H,4-11H2,1-3H3. The van der Waals surface area contributed by atoms with Crippen LogP contribution in [0.1, 0.15) is 88.2 Å². The van der Waals surface area contributed by atoms with E-state index in [4.69, 9.17) is 0 Å². The van der Waals surface area contributed by atoms with E-state index in [-0.39, 0.29) is 0 Å². The summed E-state index contributed by atoms with van der Waals surface area (Å²) in [6.45, 7) is 7.79.